The molecule has 9 heteroatoms. The number of nitriles is 1. The number of benzene rings is 2. The second-order valence-corrected chi connectivity index (χ2v) is 5.11. The monoisotopic (exact) mass is 360 g/mol. The maximum atomic E-state index is 13.1. The van der Waals surface area contributed by atoms with Gasteiger partial charge in [0.15, 0.2) is 0 Å². The van der Waals surface area contributed by atoms with Gasteiger partial charge in [0.25, 0.3) is 11.6 Å². The molecule has 1 amide bonds. The summed E-state index contributed by atoms with van der Waals surface area (Å²) in [6.45, 7) is 0. The van der Waals surface area contributed by atoms with Gasteiger partial charge >= 0.3 is 0 Å². The number of anilines is 2. The number of nitro benzene ring substituents is 1. The van der Waals surface area contributed by atoms with Crippen LogP contribution in [0.2, 0.25) is 5.02 Å². The van der Waals surface area contributed by atoms with Crippen molar-refractivity contribution in [1.29, 1.82) is 5.26 Å². The van der Waals surface area contributed by atoms with E-state index in [1.54, 1.807) is 12.1 Å². The van der Waals surface area contributed by atoms with Crippen molar-refractivity contribution in [3.63, 3.8) is 0 Å². The molecule has 0 aromatic heterocycles. The molecule has 0 bridgehead atoms. The van der Waals surface area contributed by atoms with E-state index < -0.39 is 16.6 Å². The lowest BCUT2D eigenvalue weighted by Gasteiger charge is -2.07. The lowest BCUT2D eigenvalue weighted by atomic mass is 10.2. The van der Waals surface area contributed by atoms with E-state index in [4.69, 9.17) is 16.9 Å². The molecular formula is C16H10ClFN4O3. The largest absolute Gasteiger partial charge is 0.360 e. The van der Waals surface area contributed by atoms with Gasteiger partial charge in [-0.1, -0.05) is 17.7 Å². The molecule has 0 aliphatic rings. The molecule has 0 unspecified atom stereocenters. The van der Waals surface area contributed by atoms with Crippen LogP contribution in [0, 0.1) is 27.3 Å². The molecule has 0 radical (unpaired) electrons. The van der Waals surface area contributed by atoms with E-state index in [0.29, 0.717) is 5.69 Å². The van der Waals surface area contributed by atoms with Gasteiger partial charge in [-0.15, -0.1) is 0 Å². The number of rotatable bonds is 5. The molecule has 2 N–H and O–H groups in total. The Morgan fingerprint density at radius 3 is 2.72 bits per heavy atom. The Morgan fingerprint density at radius 2 is 2.08 bits per heavy atom. The number of carbonyl (C=O) groups is 1. The lowest BCUT2D eigenvalue weighted by molar-refractivity contribution is -0.384. The van der Waals surface area contributed by atoms with Gasteiger partial charge < -0.3 is 10.6 Å². The molecule has 0 spiro atoms. The first-order valence-corrected chi connectivity index (χ1v) is 7.16. The van der Waals surface area contributed by atoms with Gasteiger partial charge in [-0.2, -0.15) is 5.26 Å². The third kappa shape index (κ3) is 4.76. The quantitative estimate of drug-likeness (QED) is 0.364. The van der Waals surface area contributed by atoms with Crippen LogP contribution >= 0.6 is 11.6 Å². The van der Waals surface area contributed by atoms with Gasteiger partial charge in [0, 0.05) is 24.0 Å². The molecule has 2 aromatic carbocycles. The molecule has 0 fully saturated rings. The second-order valence-electron chi connectivity index (χ2n) is 4.70. The van der Waals surface area contributed by atoms with Crippen LogP contribution in [0.5, 0.6) is 0 Å². The zero-order chi connectivity index (χ0) is 18.4. The van der Waals surface area contributed by atoms with Crippen LogP contribution in [-0.4, -0.2) is 10.8 Å². The molecule has 7 nitrogen and oxygen atoms in total. The standard InChI is InChI=1S/C16H10ClFN4O3/c17-14-5-4-13(22(24)25)7-15(14)21-16(23)10(8-19)9-20-12-3-1-2-11(18)6-12/h1-7,9,20H,(H,21,23)/b10-9-. The Morgan fingerprint density at radius 1 is 1.32 bits per heavy atom. The fourth-order valence-corrected chi connectivity index (χ4v) is 1.96. The van der Waals surface area contributed by atoms with Crippen LogP contribution in [0.3, 0.4) is 0 Å². The minimum Gasteiger partial charge on any atom is -0.360 e. The van der Waals surface area contributed by atoms with Crippen molar-refractivity contribution in [3.8, 4) is 6.07 Å². The average Bonchev–Trinajstić information content (AvgIpc) is 2.57. The fraction of sp³-hybridized carbons (Fsp3) is 0. The van der Waals surface area contributed by atoms with Crippen LogP contribution in [0.15, 0.2) is 54.2 Å². The smallest absolute Gasteiger partial charge is 0.271 e. The van der Waals surface area contributed by atoms with Gasteiger partial charge in [0.2, 0.25) is 0 Å². The highest BCUT2D eigenvalue weighted by Gasteiger charge is 2.15. The Bertz CT molecular complexity index is 908. The summed E-state index contributed by atoms with van der Waals surface area (Å²) < 4.78 is 13.1. The topological polar surface area (TPSA) is 108 Å². The van der Waals surface area contributed by atoms with Crippen molar-refractivity contribution < 1.29 is 14.1 Å². The van der Waals surface area contributed by atoms with Crippen LogP contribution in [-0.2, 0) is 4.79 Å². The predicted octanol–water partition coefficient (Wildman–Crippen LogP) is 3.85. The molecule has 0 saturated carbocycles. The van der Waals surface area contributed by atoms with Crippen LogP contribution < -0.4 is 10.6 Å². The number of hydrogen-bond donors (Lipinski definition) is 2. The van der Waals surface area contributed by atoms with Gasteiger partial charge in [-0.25, -0.2) is 4.39 Å². The Kier molecular flexibility index (Phi) is 5.66. The zero-order valence-corrected chi connectivity index (χ0v) is 13.2. The number of nitrogens with zero attached hydrogens (tertiary/aromatic N) is 2. The number of nitro groups is 1. The summed E-state index contributed by atoms with van der Waals surface area (Å²) in [4.78, 5) is 22.3. The summed E-state index contributed by atoms with van der Waals surface area (Å²) in [6.07, 6.45) is 1.09. The summed E-state index contributed by atoms with van der Waals surface area (Å²) in [7, 11) is 0. The Hall–Kier alpha value is -3.44. The van der Waals surface area contributed by atoms with E-state index in [0.717, 1.165) is 12.3 Å². The van der Waals surface area contributed by atoms with E-state index in [1.165, 1.54) is 30.3 Å². The molecule has 2 aromatic rings. The summed E-state index contributed by atoms with van der Waals surface area (Å²) in [5.74, 6) is -1.31. The van der Waals surface area contributed by atoms with E-state index in [1.807, 2.05) is 0 Å². The SMILES string of the molecule is N#C/C(=C/Nc1cccc(F)c1)C(=O)Nc1cc([N+](=O)[O-])ccc1Cl. The molecule has 2 rings (SSSR count). The first-order valence-electron chi connectivity index (χ1n) is 6.78. The van der Waals surface area contributed by atoms with Crippen molar-refractivity contribution in [2.75, 3.05) is 10.6 Å². The number of non-ortho nitro benzene ring substituents is 1. The average molecular weight is 361 g/mol. The highest BCUT2D eigenvalue weighted by Crippen LogP contribution is 2.27. The van der Waals surface area contributed by atoms with E-state index in [-0.39, 0.29) is 22.0 Å². The van der Waals surface area contributed by atoms with Crippen molar-refractivity contribution in [3.05, 3.63) is 75.2 Å². The summed E-state index contributed by atoms with van der Waals surface area (Å²) in [6, 6.07) is 10.6. The lowest BCUT2D eigenvalue weighted by Crippen LogP contribution is -2.15. The molecule has 0 saturated heterocycles. The molecule has 25 heavy (non-hydrogen) atoms. The molecule has 0 heterocycles. The fourth-order valence-electron chi connectivity index (χ4n) is 1.79. The molecule has 0 aliphatic carbocycles. The zero-order valence-electron chi connectivity index (χ0n) is 12.5. The maximum absolute atomic E-state index is 13.1. The van der Waals surface area contributed by atoms with E-state index in [2.05, 4.69) is 10.6 Å². The first-order chi connectivity index (χ1) is 11.9. The van der Waals surface area contributed by atoms with Crippen LogP contribution in [0.1, 0.15) is 0 Å². The molecule has 126 valence electrons. The minimum atomic E-state index is -0.825. The van der Waals surface area contributed by atoms with Crippen molar-refractivity contribution in [2.24, 2.45) is 0 Å². The van der Waals surface area contributed by atoms with Crippen molar-refractivity contribution >= 4 is 34.6 Å². The predicted molar refractivity (Wildman–Crippen MR) is 90.5 cm³/mol. The number of hydrogen-bond acceptors (Lipinski definition) is 5. The third-order valence-electron chi connectivity index (χ3n) is 2.98. The Balaban J connectivity index is 2.18. The van der Waals surface area contributed by atoms with Crippen molar-refractivity contribution in [2.45, 2.75) is 0 Å². The summed E-state index contributed by atoms with van der Waals surface area (Å²) >= 11 is 5.89. The summed E-state index contributed by atoms with van der Waals surface area (Å²) in [5.41, 5.74) is -0.256. The third-order valence-corrected chi connectivity index (χ3v) is 3.31. The van der Waals surface area contributed by atoms with Gasteiger partial charge in [0.05, 0.1) is 15.6 Å². The molecular weight excluding hydrogens is 351 g/mol. The minimum absolute atomic E-state index is 0.00669. The first kappa shape index (κ1) is 17.9. The molecule has 0 atom stereocenters. The molecule has 0 aliphatic heterocycles. The van der Waals surface area contributed by atoms with Gasteiger partial charge in [0.1, 0.15) is 17.5 Å². The van der Waals surface area contributed by atoms with Gasteiger partial charge in [-0.05, 0) is 24.3 Å². The number of halogens is 2. The van der Waals surface area contributed by atoms with E-state index in [9.17, 15) is 19.3 Å². The van der Waals surface area contributed by atoms with E-state index >= 15 is 0 Å². The Labute approximate surface area is 146 Å². The van der Waals surface area contributed by atoms with Gasteiger partial charge in [-0.3, -0.25) is 14.9 Å². The number of carbonyl (C=O) groups excluding carboxylic acids is 1. The highest BCUT2D eigenvalue weighted by molar-refractivity contribution is 6.34. The normalized spacial score (nSPS) is 10.7. The second kappa shape index (κ2) is 7.90. The van der Waals surface area contributed by atoms with Crippen LogP contribution in [0.25, 0.3) is 0 Å². The number of nitrogens with one attached hydrogen (secondary N) is 2. The van der Waals surface area contributed by atoms with Crippen LogP contribution in [0.4, 0.5) is 21.5 Å². The highest BCUT2D eigenvalue weighted by atomic mass is 35.5. The van der Waals surface area contributed by atoms with Crippen molar-refractivity contribution in [1.82, 2.24) is 0 Å². The summed E-state index contributed by atoms with van der Waals surface area (Å²) in [5, 5.41) is 24.9. The maximum Gasteiger partial charge on any atom is 0.271 e. The number of amides is 1.